The molecule has 0 unspecified atom stereocenters. The number of benzene rings is 1. The van der Waals surface area contributed by atoms with Gasteiger partial charge < -0.3 is 4.57 Å². The molecule has 1 nitrogen and oxygen atoms in total. The van der Waals surface area contributed by atoms with Gasteiger partial charge in [0.1, 0.15) is 5.69 Å². The molecule has 0 aliphatic heterocycles. The van der Waals surface area contributed by atoms with Gasteiger partial charge in [0.15, 0.2) is 0 Å². The van der Waals surface area contributed by atoms with Crippen LogP contribution in [0.4, 0.5) is 13.2 Å². The largest absolute Gasteiger partial charge is 0.431 e. The van der Waals surface area contributed by atoms with Crippen molar-refractivity contribution < 1.29 is 13.2 Å². The average Bonchev–Trinajstić information content (AvgIpc) is 2.61. The topological polar surface area (TPSA) is 4.93 Å². The second kappa shape index (κ2) is 4.11. The van der Waals surface area contributed by atoms with E-state index in [-0.39, 0.29) is 0 Å². The van der Waals surface area contributed by atoms with Crippen LogP contribution in [0.2, 0.25) is 5.02 Å². The van der Waals surface area contributed by atoms with E-state index >= 15 is 0 Å². The molecule has 0 bridgehead atoms. The van der Waals surface area contributed by atoms with Gasteiger partial charge in [-0.25, -0.2) is 0 Å². The molecule has 5 heteroatoms. The first-order chi connectivity index (χ1) is 7.88. The van der Waals surface area contributed by atoms with Gasteiger partial charge in [-0.05, 0) is 29.3 Å². The van der Waals surface area contributed by atoms with Crippen LogP contribution in [0.15, 0.2) is 36.5 Å². The minimum Gasteiger partial charge on any atom is -0.346 e. The highest BCUT2D eigenvalue weighted by Crippen LogP contribution is 2.33. The Bertz CT molecular complexity index is 526. The Morgan fingerprint density at radius 2 is 1.65 bits per heavy atom. The van der Waals surface area contributed by atoms with Crippen LogP contribution in [0.3, 0.4) is 0 Å². The summed E-state index contributed by atoms with van der Waals surface area (Å²) in [6, 6.07) is 7.81. The molecule has 0 atom stereocenters. The van der Waals surface area contributed by atoms with Crippen LogP contribution in [0.1, 0.15) is 5.69 Å². The van der Waals surface area contributed by atoms with E-state index in [4.69, 9.17) is 11.6 Å². The summed E-state index contributed by atoms with van der Waals surface area (Å²) in [7, 11) is 1.38. The van der Waals surface area contributed by atoms with E-state index in [9.17, 15) is 13.2 Å². The number of alkyl halides is 3. The van der Waals surface area contributed by atoms with Gasteiger partial charge in [-0.15, -0.1) is 0 Å². The zero-order valence-corrected chi connectivity index (χ0v) is 9.68. The highest BCUT2D eigenvalue weighted by molar-refractivity contribution is 6.30. The fourth-order valence-electron chi connectivity index (χ4n) is 1.65. The summed E-state index contributed by atoms with van der Waals surface area (Å²) in [5, 5.41) is 0.556. The molecule has 17 heavy (non-hydrogen) atoms. The molecule has 0 aliphatic rings. The van der Waals surface area contributed by atoms with Crippen LogP contribution < -0.4 is 0 Å². The van der Waals surface area contributed by atoms with Crippen molar-refractivity contribution in [3.63, 3.8) is 0 Å². The molecule has 0 fully saturated rings. The third-order valence-electron chi connectivity index (χ3n) is 2.47. The number of aromatic nitrogens is 1. The number of nitrogens with zero attached hydrogens (tertiary/aromatic N) is 1. The van der Waals surface area contributed by atoms with Gasteiger partial charge in [-0.1, -0.05) is 23.7 Å². The molecule has 0 aliphatic carbocycles. The van der Waals surface area contributed by atoms with Crippen LogP contribution in [-0.2, 0) is 13.2 Å². The summed E-state index contributed by atoms with van der Waals surface area (Å²) < 4.78 is 38.9. The summed E-state index contributed by atoms with van der Waals surface area (Å²) in [4.78, 5) is 0. The predicted octanol–water partition coefficient (Wildman–Crippen LogP) is 4.36. The summed E-state index contributed by atoms with van der Waals surface area (Å²) in [5.41, 5.74) is 0.569. The SMILES string of the molecule is Cn1cc(-c2ccc(Cl)cc2)cc1C(F)(F)F. The molecule has 0 amide bonds. The van der Waals surface area contributed by atoms with E-state index in [1.54, 1.807) is 24.3 Å². The average molecular weight is 260 g/mol. The van der Waals surface area contributed by atoms with Crippen molar-refractivity contribution in [1.82, 2.24) is 4.57 Å². The molecule has 2 aromatic rings. The lowest BCUT2D eigenvalue weighted by Gasteiger charge is -2.05. The van der Waals surface area contributed by atoms with Crippen LogP contribution in [0.25, 0.3) is 11.1 Å². The first-order valence-corrected chi connectivity index (χ1v) is 5.25. The number of hydrogen-bond acceptors (Lipinski definition) is 0. The predicted molar refractivity (Wildman–Crippen MR) is 60.9 cm³/mol. The summed E-state index contributed by atoms with van der Waals surface area (Å²) in [6.07, 6.45) is -2.88. The third kappa shape index (κ3) is 2.47. The number of hydrogen-bond donors (Lipinski definition) is 0. The maximum atomic E-state index is 12.6. The molecule has 0 radical (unpaired) electrons. The van der Waals surface area contributed by atoms with E-state index in [0.717, 1.165) is 10.6 Å². The van der Waals surface area contributed by atoms with Crippen molar-refractivity contribution in [2.24, 2.45) is 7.05 Å². The van der Waals surface area contributed by atoms with Crippen LogP contribution >= 0.6 is 11.6 Å². The quantitative estimate of drug-likeness (QED) is 0.717. The number of rotatable bonds is 1. The second-order valence-corrected chi connectivity index (χ2v) is 4.17. The minimum atomic E-state index is -4.33. The molecule has 2 rings (SSSR count). The monoisotopic (exact) mass is 259 g/mol. The summed E-state index contributed by atoms with van der Waals surface area (Å²) in [6.45, 7) is 0. The highest BCUT2D eigenvalue weighted by atomic mass is 35.5. The molecule has 0 saturated carbocycles. The Kier molecular flexibility index (Phi) is 2.91. The van der Waals surface area contributed by atoms with Crippen LogP contribution in [0, 0.1) is 0 Å². The molecular weight excluding hydrogens is 251 g/mol. The van der Waals surface area contributed by atoms with E-state index < -0.39 is 11.9 Å². The molecule has 1 heterocycles. The molecule has 0 N–H and O–H groups in total. The Morgan fingerprint density at radius 1 is 1.06 bits per heavy atom. The minimum absolute atomic E-state index is 0.525. The smallest absolute Gasteiger partial charge is 0.346 e. The van der Waals surface area contributed by atoms with Crippen molar-refractivity contribution in [2.75, 3.05) is 0 Å². The van der Waals surface area contributed by atoms with Crippen LogP contribution in [0.5, 0.6) is 0 Å². The summed E-state index contributed by atoms with van der Waals surface area (Å²) in [5.74, 6) is 0. The van der Waals surface area contributed by atoms with Gasteiger partial charge >= 0.3 is 6.18 Å². The van der Waals surface area contributed by atoms with E-state index in [2.05, 4.69) is 0 Å². The normalized spacial score (nSPS) is 11.8. The lowest BCUT2D eigenvalue weighted by Crippen LogP contribution is -2.09. The van der Waals surface area contributed by atoms with Crippen molar-refractivity contribution in [3.8, 4) is 11.1 Å². The summed E-state index contributed by atoms with van der Waals surface area (Å²) >= 11 is 5.72. The first-order valence-electron chi connectivity index (χ1n) is 4.87. The standard InChI is InChI=1S/C12H9ClF3N/c1-17-7-9(6-11(17)12(14,15)16)8-2-4-10(13)5-3-8/h2-7H,1H3. The number of halogens is 4. The van der Waals surface area contributed by atoms with Crippen molar-refractivity contribution in [3.05, 3.63) is 47.2 Å². The van der Waals surface area contributed by atoms with Gasteiger partial charge in [0, 0.05) is 18.3 Å². The lowest BCUT2D eigenvalue weighted by molar-refractivity contribution is -0.143. The van der Waals surface area contributed by atoms with E-state index in [1.807, 2.05) is 0 Å². The fourth-order valence-corrected chi connectivity index (χ4v) is 1.77. The zero-order chi connectivity index (χ0) is 12.6. The van der Waals surface area contributed by atoms with E-state index in [1.165, 1.54) is 13.2 Å². The van der Waals surface area contributed by atoms with Crippen molar-refractivity contribution in [1.29, 1.82) is 0 Å². The van der Waals surface area contributed by atoms with Gasteiger partial charge in [-0.3, -0.25) is 0 Å². The van der Waals surface area contributed by atoms with Gasteiger partial charge in [0.2, 0.25) is 0 Å². The second-order valence-electron chi connectivity index (χ2n) is 3.73. The first kappa shape index (κ1) is 12.0. The molecule has 0 saturated heterocycles. The van der Waals surface area contributed by atoms with Crippen LogP contribution in [-0.4, -0.2) is 4.57 Å². The fraction of sp³-hybridized carbons (Fsp3) is 0.167. The maximum absolute atomic E-state index is 12.6. The molecule has 1 aromatic heterocycles. The van der Waals surface area contributed by atoms with Crippen molar-refractivity contribution >= 4 is 11.6 Å². The third-order valence-corrected chi connectivity index (χ3v) is 2.72. The Balaban J connectivity index is 2.45. The number of aryl methyl sites for hydroxylation is 1. The van der Waals surface area contributed by atoms with Gasteiger partial charge in [0.25, 0.3) is 0 Å². The molecule has 0 spiro atoms. The Labute approximate surface area is 101 Å². The van der Waals surface area contributed by atoms with Gasteiger partial charge in [0.05, 0.1) is 0 Å². The van der Waals surface area contributed by atoms with Gasteiger partial charge in [-0.2, -0.15) is 13.2 Å². The molecule has 1 aromatic carbocycles. The maximum Gasteiger partial charge on any atom is 0.431 e. The zero-order valence-electron chi connectivity index (χ0n) is 8.92. The highest BCUT2D eigenvalue weighted by Gasteiger charge is 2.34. The molecule has 90 valence electrons. The lowest BCUT2D eigenvalue weighted by atomic mass is 10.1. The Hall–Kier alpha value is -1.42. The van der Waals surface area contributed by atoms with Crippen molar-refractivity contribution in [2.45, 2.75) is 6.18 Å². The molecular formula is C12H9ClF3N. The Morgan fingerprint density at radius 3 is 2.12 bits per heavy atom. The van der Waals surface area contributed by atoms with E-state index in [0.29, 0.717) is 16.1 Å².